The van der Waals surface area contributed by atoms with Crippen LogP contribution in [0.3, 0.4) is 0 Å². The molecule has 0 aliphatic heterocycles. The van der Waals surface area contributed by atoms with Crippen LogP contribution in [0, 0.1) is 6.92 Å². The summed E-state index contributed by atoms with van der Waals surface area (Å²) in [5, 5.41) is 9.75. The Bertz CT molecular complexity index is 1700. The molecule has 0 fully saturated rings. The molecule has 1 N–H and O–H groups in total. The van der Waals surface area contributed by atoms with Crippen molar-refractivity contribution in [1.82, 2.24) is 9.78 Å². The van der Waals surface area contributed by atoms with Gasteiger partial charge in [0.1, 0.15) is 0 Å². The third-order valence-electron chi connectivity index (χ3n) is 6.39. The topological polar surface area (TPSA) is 73.2 Å². The fourth-order valence-electron chi connectivity index (χ4n) is 4.37. The predicted molar refractivity (Wildman–Crippen MR) is 151 cm³/mol. The molecule has 5 aromatic rings. The number of allylic oxidation sites excluding steroid dienone is 1. The molecule has 1 amide bonds. The minimum atomic E-state index is -0.552. The second-order valence-corrected chi connectivity index (χ2v) is 9.12. The molecule has 5 rings (SSSR count). The van der Waals surface area contributed by atoms with Gasteiger partial charge < -0.3 is 10.1 Å². The molecule has 0 saturated heterocycles. The number of benzene rings is 4. The van der Waals surface area contributed by atoms with Crippen LogP contribution in [0.1, 0.15) is 28.4 Å². The van der Waals surface area contributed by atoms with Gasteiger partial charge in [-0.25, -0.2) is 9.48 Å². The summed E-state index contributed by atoms with van der Waals surface area (Å²) in [5.74, 6) is -0.891. The van der Waals surface area contributed by atoms with E-state index in [1.807, 2.05) is 74.6 Å². The van der Waals surface area contributed by atoms with E-state index in [4.69, 9.17) is 4.74 Å². The van der Waals surface area contributed by atoms with Gasteiger partial charge in [-0.15, -0.1) is 0 Å². The lowest BCUT2D eigenvalue weighted by Gasteiger charge is -2.11. The van der Waals surface area contributed by atoms with Crippen LogP contribution in [0.4, 0.5) is 5.69 Å². The van der Waals surface area contributed by atoms with E-state index in [0.717, 1.165) is 38.7 Å². The number of fused-ring (bicyclic) bond motifs is 1. The number of nitrogens with zero attached hydrogens (tertiary/aromatic N) is 2. The number of hydrogen-bond donors (Lipinski definition) is 1. The molecule has 1 heterocycles. The Morgan fingerprint density at radius 1 is 0.895 bits per heavy atom. The molecule has 0 aliphatic rings. The number of methoxy groups -OCH3 is 1. The highest BCUT2D eigenvalue weighted by Crippen LogP contribution is 2.25. The zero-order valence-electron chi connectivity index (χ0n) is 21.4. The standard InChI is InChI=1S/C32H27N3O3/c1-21-7-6-10-26(17-21)29-15-16-35(34-29)27-13-14-30(28(20-27)32(37)38-3)33-31(36)18-22(2)24-12-11-23-8-4-5-9-25(23)19-24/h4-20H,1-3H3,(H,33,36)/b22-18-. The lowest BCUT2D eigenvalue weighted by Crippen LogP contribution is -2.14. The quantitative estimate of drug-likeness (QED) is 0.204. The summed E-state index contributed by atoms with van der Waals surface area (Å²) < 4.78 is 6.69. The molecule has 0 unspecified atom stereocenters. The number of anilines is 1. The molecule has 38 heavy (non-hydrogen) atoms. The number of nitrogens with one attached hydrogen (secondary N) is 1. The number of rotatable bonds is 6. The van der Waals surface area contributed by atoms with Crippen LogP contribution in [0.5, 0.6) is 0 Å². The fraction of sp³-hybridized carbons (Fsp3) is 0.0938. The zero-order valence-corrected chi connectivity index (χ0v) is 21.4. The summed E-state index contributed by atoms with van der Waals surface area (Å²) in [6, 6.07) is 29.3. The Hall–Kier alpha value is -4.97. The summed E-state index contributed by atoms with van der Waals surface area (Å²) in [6.45, 7) is 3.92. The summed E-state index contributed by atoms with van der Waals surface area (Å²) >= 11 is 0. The molecule has 6 heteroatoms. The molecule has 0 atom stereocenters. The number of aryl methyl sites for hydroxylation is 1. The first-order valence-corrected chi connectivity index (χ1v) is 12.3. The molecule has 0 saturated carbocycles. The van der Waals surface area contributed by atoms with E-state index in [9.17, 15) is 9.59 Å². The number of aromatic nitrogens is 2. The third-order valence-corrected chi connectivity index (χ3v) is 6.39. The number of hydrogen-bond acceptors (Lipinski definition) is 4. The van der Waals surface area contributed by atoms with Crippen LogP contribution < -0.4 is 5.32 Å². The summed E-state index contributed by atoms with van der Waals surface area (Å²) in [7, 11) is 1.31. The van der Waals surface area contributed by atoms with Gasteiger partial charge in [-0.1, -0.05) is 60.2 Å². The van der Waals surface area contributed by atoms with Crippen LogP contribution in [0.2, 0.25) is 0 Å². The molecule has 188 valence electrons. The number of carbonyl (C=O) groups is 2. The van der Waals surface area contributed by atoms with Crippen molar-refractivity contribution in [2.45, 2.75) is 13.8 Å². The predicted octanol–water partition coefficient (Wildman–Crippen LogP) is 6.83. The van der Waals surface area contributed by atoms with Gasteiger partial charge in [-0.05, 0) is 72.2 Å². The lowest BCUT2D eigenvalue weighted by molar-refractivity contribution is -0.111. The third kappa shape index (κ3) is 5.25. The van der Waals surface area contributed by atoms with E-state index >= 15 is 0 Å². The van der Waals surface area contributed by atoms with Gasteiger partial charge in [0.25, 0.3) is 0 Å². The van der Waals surface area contributed by atoms with E-state index < -0.39 is 5.97 Å². The first-order valence-electron chi connectivity index (χ1n) is 12.3. The maximum atomic E-state index is 12.9. The first-order chi connectivity index (χ1) is 18.4. The highest BCUT2D eigenvalue weighted by Gasteiger charge is 2.16. The molecule has 6 nitrogen and oxygen atoms in total. The normalized spacial score (nSPS) is 11.4. The summed E-state index contributed by atoms with van der Waals surface area (Å²) in [6.07, 6.45) is 3.36. The van der Waals surface area contributed by atoms with Gasteiger partial charge in [0.05, 0.1) is 29.7 Å². The van der Waals surface area contributed by atoms with E-state index in [-0.39, 0.29) is 11.5 Å². The van der Waals surface area contributed by atoms with E-state index in [0.29, 0.717) is 11.4 Å². The van der Waals surface area contributed by atoms with E-state index in [1.165, 1.54) is 13.2 Å². The van der Waals surface area contributed by atoms with Gasteiger partial charge in [-0.2, -0.15) is 5.10 Å². The molecule has 4 aromatic carbocycles. The number of esters is 1. The minimum absolute atomic E-state index is 0.239. The van der Waals surface area contributed by atoms with E-state index in [2.05, 4.69) is 28.6 Å². The Labute approximate surface area is 221 Å². The van der Waals surface area contributed by atoms with Crippen LogP contribution in [0.15, 0.2) is 103 Å². The Balaban J connectivity index is 1.40. The van der Waals surface area contributed by atoms with Crippen LogP contribution in [-0.2, 0) is 9.53 Å². The maximum absolute atomic E-state index is 12.9. The van der Waals surface area contributed by atoms with Crippen molar-refractivity contribution in [3.05, 3.63) is 120 Å². The summed E-state index contributed by atoms with van der Waals surface area (Å²) in [5.41, 5.74) is 6.01. The SMILES string of the molecule is COC(=O)c1cc(-n2ccc(-c3cccc(C)c3)n2)ccc1NC(=O)/C=C(/C)c1ccc2ccccc2c1. The monoisotopic (exact) mass is 501 g/mol. The average Bonchev–Trinajstić information content (AvgIpc) is 3.43. The van der Waals surface area contributed by atoms with Crippen molar-refractivity contribution in [1.29, 1.82) is 0 Å². The van der Waals surface area contributed by atoms with Crippen molar-refractivity contribution in [2.75, 3.05) is 12.4 Å². The maximum Gasteiger partial charge on any atom is 0.340 e. The number of amides is 1. The fourth-order valence-corrected chi connectivity index (χ4v) is 4.37. The van der Waals surface area contributed by atoms with E-state index in [1.54, 1.807) is 22.9 Å². The van der Waals surface area contributed by atoms with Crippen molar-refractivity contribution in [3.8, 4) is 16.9 Å². The van der Waals surface area contributed by atoms with Crippen molar-refractivity contribution < 1.29 is 14.3 Å². The van der Waals surface area contributed by atoms with Crippen LogP contribution in [-0.4, -0.2) is 28.8 Å². The number of ether oxygens (including phenoxy) is 1. The van der Waals surface area contributed by atoms with Gasteiger partial charge >= 0.3 is 5.97 Å². The minimum Gasteiger partial charge on any atom is -0.465 e. The summed E-state index contributed by atoms with van der Waals surface area (Å²) in [4.78, 5) is 25.5. The van der Waals surface area contributed by atoms with Crippen molar-refractivity contribution >= 4 is 33.9 Å². The molecular weight excluding hydrogens is 474 g/mol. The average molecular weight is 502 g/mol. The molecule has 0 aliphatic carbocycles. The molecular formula is C32H27N3O3. The lowest BCUT2D eigenvalue weighted by atomic mass is 10.0. The first kappa shape index (κ1) is 24.7. The zero-order chi connectivity index (χ0) is 26.6. The van der Waals surface area contributed by atoms with Crippen molar-refractivity contribution in [3.63, 3.8) is 0 Å². The van der Waals surface area contributed by atoms with Gasteiger partial charge in [0.2, 0.25) is 5.91 Å². The highest BCUT2D eigenvalue weighted by atomic mass is 16.5. The van der Waals surface area contributed by atoms with Gasteiger partial charge in [-0.3, -0.25) is 4.79 Å². The molecule has 1 aromatic heterocycles. The highest BCUT2D eigenvalue weighted by molar-refractivity contribution is 6.08. The van der Waals surface area contributed by atoms with Crippen molar-refractivity contribution in [2.24, 2.45) is 0 Å². The Morgan fingerprint density at radius 2 is 1.71 bits per heavy atom. The Kier molecular flexibility index (Phi) is 6.87. The van der Waals surface area contributed by atoms with Gasteiger partial charge in [0, 0.05) is 17.8 Å². The number of carbonyl (C=O) groups excluding carboxylic acids is 2. The smallest absolute Gasteiger partial charge is 0.340 e. The second kappa shape index (κ2) is 10.6. The molecule has 0 radical (unpaired) electrons. The van der Waals surface area contributed by atoms with Gasteiger partial charge in [0.15, 0.2) is 0 Å². The van der Waals surface area contributed by atoms with Crippen LogP contribution in [0.25, 0.3) is 33.3 Å². The second-order valence-electron chi connectivity index (χ2n) is 9.12. The largest absolute Gasteiger partial charge is 0.465 e. The Morgan fingerprint density at radius 3 is 2.50 bits per heavy atom. The molecule has 0 bridgehead atoms. The van der Waals surface area contributed by atoms with Crippen LogP contribution >= 0.6 is 0 Å². The molecule has 0 spiro atoms.